The number of hydrogen-bond acceptors (Lipinski definition) is 3. The second-order valence-electron chi connectivity index (χ2n) is 4.53. The van der Waals surface area contributed by atoms with E-state index in [1.807, 2.05) is 0 Å². The maximum Gasteiger partial charge on any atom is 0.160 e. The number of hydrogen-bond donors (Lipinski definition) is 2. The van der Waals surface area contributed by atoms with Crippen molar-refractivity contribution in [3.05, 3.63) is 53.9 Å². The van der Waals surface area contributed by atoms with Crippen LogP contribution in [0, 0.1) is 11.6 Å². The molecule has 1 aromatic heterocycles. The van der Waals surface area contributed by atoms with E-state index in [1.54, 1.807) is 18.2 Å². The molecule has 0 aliphatic rings. The van der Waals surface area contributed by atoms with Crippen molar-refractivity contribution in [2.75, 3.05) is 5.73 Å². The molecule has 7 heteroatoms. The van der Waals surface area contributed by atoms with E-state index >= 15 is 0 Å². The Morgan fingerprint density at radius 2 is 1.95 bits per heavy atom. The van der Waals surface area contributed by atoms with Crippen LogP contribution in [0.4, 0.5) is 14.5 Å². The highest BCUT2D eigenvalue weighted by atomic mass is 32.2. The zero-order chi connectivity index (χ0) is 15.0. The van der Waals surface area contributed by atoms with Gasteiger partial charge in [-0.3, -0.25) is 4.21 Å². The number of nitrogen functional groups attached to an aromatic ring is 1. The number of fused-ring (bicyclic) bond motifs is 1. The summed E-state index contributed by atoms with van der Waals surface area (Å²) < 4.78 is 38.2. The van der Waals surface area contributed by atoms with Crippen molar-refractivity contribution in [2.24, 2.45) is 0 Å². The topological polar surface area (TPSA) is 71.8 Å². The number of aromatic nitrogens is 2. The largest absolute Gasteiger partial charge is 0.399 e. The molecule has 0 saturated heterocycles. The molecule has 0 fully saturated rings. The van der Waals surface area contributed by atoms with E-state index in [0.717, 1.165) is 17.6 Å². The van der Waals surface area contributed by atoms with Gasteiger partial charge in [0, 0.05) is 10.6 Å². The molecular formula is C14H11F2N3OS. The Morgan fingerprint density at radius 1 is 1.14 bits per heavy atom. The quantitative estimate of drug-likeness (QED) is 0.731. The van der Waals surface area contributed by atoms with Gasteiger partial charge in [-0.1, -0.05) is 0 Å². The van der Waals surface area contributed by atoms with Crippen molar-refractivity contribution in [1.82, 2.24) is 9.97 Å². The molecule has 21 heavy (non-hydrogen) atoms. The van der Waals surface area contributed by atoms with Gasteiger partial charge in [0.05, 0.1) is 27.6 Å². The maximum absolute atomic E-state index is 13.1. The van der Waals surface area contributed by atoms with Crippen molar-refractivity contribution in [3.8, 4) is 0 Å². The highest BCUT2D eigenvalue weighted by molar-refractivity contribution is 7.84. The molecule has 0 bridgehead atoms. The summed E-state index contributed by atoms with van der Waals surface area (Å²) in [7, 11) is -1.52. The first kappa shape index (κ1) is 13.7. The number of nitrogens with two attached hydrogens (primary N) is 1. The number of nitrogens with zero attached hydrogens (tertiary/aromatic N) is 1. The number of nitrogens with one attached hydrogen (secondary N) is 1. The van der Waals surface area contributed by atoms with Crippen LogP contribution in [-0.2, 0) is 16.6 Å². The Hall–Kier alpha value is -2.28. The predicted molar refractivity (Wildman–Crippen MR) is 77.0 cm³/mol. The predicted octanol–water partition coefficient (Wildman–Crippen LogP) is 2.73. The van der Waals surface area contributed by atoms with Crippen molar-refractivity contribution in [2.45, 2.75) is 10.6 Å². The van der Waals surface area contributed by atoms with Gasteiger partial charge in [0.15, 0.2) is 11.6 Å². The third kappa shape index (κ3) is 2.78. The number of anilines is 1. The lowest BCUT2D eigenvalue weighted by molar-refractivity contribution is 0.505. The second kappa shape index (κ2) is 5.25. The first-order valence-corrected chi connectivity index (χ1v) is 7.42. The Bertz CT molecular complexity index is 847. The highest BCUT2D eigenvalue weighted by Gasteiger charge is 2.12. The lowest BCUT2D eigenvalue weighted by Gasteiger charge is -2.01. The number of halogens is 2. The molecule has 0 aliphatic carbocycles. The number of rotatable bonds is 3. The lowest BCUT2D eigenvalue weighted by Crippen LogP contribution is -1.99. The van der Waals surface area contributed by atoms with E-state index in [1.165, 1.54) is 6.07 Å². The average Bonchev–Trinajstić information content (AvgIpc) is 2.83. The van der Waals surface area contributed by atoms with E-state index in [-0.39, 0.29) is 10.6 Å². The average molecular weight is 307 g/mol. The molecule has 3 aromatic rings. The molecule has 0 saturated carbocycles. The minimum Gasteiger partial charge on any atom is -0.399 e. The summed E-state index contributed by atoms with van der Waals surface area (Å²) in [5.74, 6) is -1.40. The molecule has 3 rings (SSSR count). The fourth-order valence-corrected chi connectivity index (χ4v) is 2.98. The first-order valence-electron chi connectivity index (χ1n) is 6.10. The normalized spacial score (nSPS) is 12.7. The summed E-state index contributed by atoms with van der Waals surface area (Å²) in [5.41, 5.74) is 7.72. The third-order valence-electron chi connectivity index (χ3n) is 2.98. The summed E-state index contributed by atoms with van der Waals surface area (Å²) in [6.45, 7) is 0. The molecule has 0 amide bonds. The smallest absolute Gasteiger partial charge is 0.160 e. The van der Waals surface area contributed by atoms with Gasteiger partial charge in [0.1, 0.15) is 5.82 Å². The van der Waals surface area contributed by atoms with E-state index in [9.17, 15) is 13.0 Å². The summed E-state index contributed by atoms with van der Waals surface area (Å²) in [5, 5.41) is 0. The minimum absolute atomic E-state index is 0.0830. The summed E-state index contributed by atoms with van der Waals surface area (Å²) in [6, 6.07) is 8.40. The lowest BCUT2D eigenvalue weighted by atomic mass is 10.3. The van der Waals surface area contributed by atoms with Crippen LogP contribution in [0.25, 0.3) is 11.0 Å². The van der Waals surface area contributed by atoms with Crippen molar-refractivity contribution in [3.63, 3.8) is 0 Å². The molecule has 4 nitrogen and oxygen atoms in total. The van der Waals surface area contributed by atoms with Crippen LogP contribution in [0.5, 0.6) is 0 Å². The van der Waals surface area contributed by atoms with E-state index < -0.39 is 22.4 Å². The Balaban J connectivity index is 1.87. The van der Waals surface area contributed by atoms with Crippen LogP contribution in [0.3, 0.4) is 0 Å². The van der Waals surface area contributed by atoms with Gasteiger partial charge >= 0.3 is 0 Å². The standard InChI is InChI=1S/C14H11F2N3OS/c15-10-3-2-9(6-11(10)16)21(20)7-14-18-12-4-1-8(17)5-13(12)19-14/h1-6H,7,17H2,(H,18,19). The molecule has 0 spiro atoms. The van der Waals surface area contributed by atoms with Crippen molar-refractivity contribution >= 4 is 27.5 Å². The molecule has 0 aliphatic heterocycles. The molecule has 2 aromatic carbocycles. The second-order valence-corrected chi connectivity index (χ2v) is 5.98. The third-order valence-corrected chi connectivity index (χ3v) is 4.29. The number of imidazole rings is 1. The SMILES string of the molecule is Nc1ccc2nc(CS(=O)c3ccc(F)c(F)c3)[nH]c2c1. The van der Waals surface area contributed by atoms with E-state index in [4.69, 9.17) is 5.73 Å². The van der Waals surface area contributed by atoms with Gasteiger partial charge < -0.3 is 10.7 Å². The number of H-pyrrole nitrogens is 1. The molecule has 1 unspecified atom stereocenters. The van der Waals surface area contributed by atoms with Crippen LogP contribution in [0.2, 0.25) is 0 Å². The molecule has 3 N–H and O–H groups in total. The summed E-state index contributed by atoms with van der Waals surface area (Å²) >= 11 is 0. The van der Waals surface area contributed by atoms with Gasteiger partial charge in [-0.15, -0.1) is 0 Å². The first-order chi connectivity index (χ1) is 10.0. The van der Waals surface area contributed by atoms with Gasteiger partial charge in [0.25, 0.3) is 0 Å². The highest BCUT2D eigenvalue weighted by Crippen LogP contribution is 2.18. The van der Waals surface area contributed by atoms with E-state index in [0.29, 0.717) is 17.0 Å². The van der Waals surface area contributed by atoms with Crippen LogP contribution < -0.4 is 5.73 Å². The van der Waals surface area contributed by atoms with Crippen LogP contribution >= 0.6 is 0 Å². The molecular weight excluding hydrogens is 296 g/mol. The van der Waals surface area contributed by atoms with Gasteiger partial charge in [-0.05, 0) is 36.4 Å². The van der Waals surface area contributed by atoms with Crippen LogP contribution in [0.15, 0.2) is 41.3 Å². The fourth-order valence-electron chi connectivity index (χ4n) is 1.97. The fraction of sp³-hybridized carbons (Fsp3) is 0.0714. The van der Waals surface area contributed by atoms with Crippen LogP contribution in [-0.4, -0.2) is 14.2 Å². The Kier molecular flexibility index (Phi) is 3.42. The summed E-state index contributed by atoms with van der Waals surface area (Å²) in [4.78, 5) is 7.51. The van der Waals surface area contributed by atoms with Crippen LogP contribution in [0.1, 0.15) is 5.82 Å². The summed E-state index contributed by atoms with van der Waals surface area (Å²) in [6.07, 6.45) is 0. The van der Waals surface area contributed by atoms with Crippen molar-refractivity contribution in [1.29, 1.82) is 0 Å². The molecule has 108 valence electrons. The number of aromatic amines is 1. The van der Waals surface area contributed by atoms with Gasteiger partial charge in [-0.2, -0.15) is 0 Å². The van der Waals surface area contributed by atoms with Crippen molar-refractivity contribution < 1.29 is 13.0 Å². The molecule has 1 atom stereocenters. The monoisotopic (exact) mass is 307 g/mol. The Labute approximate surface area is 121 Å². The maximum atomic E-state index is 13.1. The van der Waals surface area contributed by atoms with Gasteiger partial charge in [-0.25, -0.2) is 13.8 Å². The zero-order valence-electron chi connectivity index (χ0n) is 10.8. The van der Waals surface area contributed by atoms with Gasteiger partial charge in [0.2, 0.25) is 0 Å². The Morgan fingerprint density at radius 3 is 2.71 bits per heavy atom. The zero-order valence-corrected chi connectivity index (χ0v) is 11.6. The minimum atomic E-state index is -1.52. The van der Waals surface area contributed by atoms with E-state index in [2.05, 4.69) is 9.97 Å². The molecule has 1 heterocycles. The number of benzene rings is 2. The molecule has 0 radical (unpaired) electrons.